The summed E-state index contributed by atoms with van der Waals surface area (Å²) in [4.78, 5) is 17.1. The SMILES string of the molecule is Cc1cccc(N2CCN(C(=O)c3ccc(-n4cccn4)cc3)CC2)c1. The fraction of sp³-hybridized carbons (Fsp3) is 0.238. The van der Waals surface area contributed by atoms with E-state index in [1.807, 2.05) is 41.4 Å². The highest BCUT2D eigenvalue weighted by Crippen LogP contribution is 2.19. The second-order valence-electron chi connectivity index (χ2n) is 6.62. The van der Waals surface area contributed by atoms with Gasteiger partial charge in [-0.1, -0.05) is 12.1 Å². The molecule has 5 nitrogen and oxygen atoms in total. The molecule has 2 aromatic carbocycles. The summed E-state index contributed by atoms with van der Waals surface area (Å²) in [5.74, 6) is 0.0981. The van der Waals surface area contributed by atoms with E-state index in [0.29, 0.717) is 0 Å². The Bertz CT molecular complexity index is 879. The molecule has 0 unspecified atom stereocenters. The van der Waals surface area contributed by atoms with Crippen molar-refractivity contribution < 1.29 is 4.79 Å². The first-order chi connectivity index (χ1) is 12.7. The lowest BCUT2D eigenvalue weighted by molar-refractivity contribution is 0.0747. The number of benzene rings is 2. The summed E-state index contributed by atoms with van der Waals surface area (Å²) in [6, 6.07) is 18.0. The number of rotatable bonds is 3. The molecule has 1 amide bonds. The van der Waals surface area contributed by atoms with Crippen molar-refractivity contribution in [2.45, 2.75) is 6.92 Å². The molecule has 0 saturated carbocycles. The van der Waals surface area contributed by atoms with E-state index >= 15 is 0 Å². The Morgan fingerprint density at radius 3 is 2.35 bits per heavy atom. The van der Waals surface area contributed by atoms with Gasteiger partial charge in [0.1, 0.15) is 0 Å². The van der Waals surface area contributed by atoms with E-state index in [0.717, 1.165) is 37.4 Å². The second-order valence-corrected chi connectivity index (χ2v) is 6.62. The molecule has 2 heterocycles. The van der Waals surface area contributed by atoms with Crippen LogP contribution in [-0.2, 0) is 0 Å². The Hall–Kier alpha value is -3.08. The van der Waals surface area contributed by atoms with Crippen molar-refractivity contribution in [3.63, 3.8) is 0 Å². The highest BCUT2D eigenvalue weighted by molar-refractivity contribution is 5.94. The average molecular weight is 346 g/mol. The van der Waals surface area contributed by atoms with Gasteiger partial charge in [0.15, 0.2) is 0 Å². The number of nitrogens with zero attached hydrogens (tertiary/aromatic N) is 4. The number of aryl methyl sites for hydroxylation is 1. The summed E-state index contributed by atoms with van der Waals surface area (Å²) in [5.41, 5.74) is 4.18. The van der Waals surface area contributed by atoms with Gasteiger partial charge in [0.2, 0.25) is 0 Å². The van der Waals surface area contributed by atoms with Crippen molar-refractivity contribution in [2.24, 2.45) is 0 Å². The molecule has 26 heavy (non-hydrogen) atoms. The molecule has 1 saturated heterocycles. The van der Waals surface area contributed by atoms with E-state index in [4.69, 9.17) is 0 Å². The molecule has 1 fully saturated rings. The molecule has 0 aliphatic carbocycles. The summed E-state index contributed by atoms with van der Waals surface area (Å²) >= 11 is 0. The molecule has 0 radical (unpaired) electrons. The number of aromatic nitrogens is 2. The molecule has 0 spiro atoms. The maximum atomic E-state index is 12.8. The van der Waals surface area contributed by atoms with Gasteiger partial charge in [0.05, 0.1) is 5.69 Å². The number of hydrogen-bond donors (Lipinski definition) is 0. The fourth-order valence-corrected chi connectivity index (χ4v) is 3.35. The van der Waals surface area contributed by atoms with Crippen molar-refractivity contribution in [1.82, 2.24) is 14.7 Å². The highest BCUT2D eigenvalue weighted by atomic mass is 16.2. The van der Waals surface area contributed by atoms with Crippen LogP contribution in [0.25, 0.3) is 5.69 Å². The second kappa shape index (κ2) is 7.04. The maximum absolute atomic E-state index is 12.8. The number of hydrogen-bond acceptors (Lipinski definition) is 3. The molecular formula is C21H22N4O. The van der Waals surface area contributed by atoms with Gasteiger partial charge >= 0.3 is 0 Å². The van der Waals surface area contributed by atoms with Gasteiger partial charge in [-0.05, 0) is 55.0 Å². The van der Waals surface area contributed by atoms with Gasteiger partial charge in [-0.15, -0.1) is 0 Å². The normalized spacial score (nSPS) is 14.5. The molecule has 0 bridgehead atoms. The molecule has 1 aromatic heterocycles. The Labute approximate surface area is 153 Å². The first-order valence-electron chi connectivity index (χ1n) is 8.92. The van der Waals surface area contributed by atoms with Crippen LogP contribution in [0.2, 0.25) is 0 Å². The predicted octanol–water partition coefficient (Wildman–Crippen LogP) is 3.14. The first kappa shape index (κ1) is 16.4. The van der Waals surface area contributed by atoms with Crippen LogP contribution in [0.1, 0.15) is 15.9 Å². The Morgan fingerprint density at radius 2 is 1.69 bits per heavy atom. The molecule has 1 aliphatic rings. The number of carbonyl (C=O) groups is 1. The average Bonchev–Trinajstić information content (AvgIpc) is 3.23. The van der Waals surface area contributed by atoms with Gasteiger partial charge in [0, 0.05) is 49.8 Å². The minimum atomic E-state index is 0.0981. The van der Waals surface area contributed by atoms with Gasteiger partial charge < -0.3 is 9.80 Å². The molecule has 132 valence electrons. The van der Waals surface area contributed by atoms with E-state index in [2.05, 4.69) is 41.2 Å². The Balaban J connectivity index is 1.40. The number of carbonyl (C=O) groups excluding carboxylic acids is 1. The molecule has 1 aliphatic heterocycles. The van der Waals surface area contributed by atoms with Crippen LogP contribution in [0.5, 0.6) is 0 Å². The predicted molar refractivity (Wildman–Crippen MR) is 103 cm³/mol. The minimum Gasteiger partial charge on any atom is -0.368 e. The molecule has 5 heteroatoms. The maximum Gasteiger partial charge on any atom is 0.253 e. The molecule has 0 N–H and O–H groups in total. The van der Waals surface area contributed by atoms with Crippen molar-refractivity contribution in [1.29, 1.82) is 0 Å². The van der Waals surface area contributed by atoms with E-state index in [-0.39, 0.29) is 5.91 Å². The lowest BCUT2D eigenvalue weighted by atomic mass is 10.1. The van der Waals surface area contributed by atoms with Crippen molar-refractivity contribution in [3.05, 3.63) is 78.1 Å². The largest absolute Gasteiger partial charge is 0.368 e. The Kier molecular flexibility index (Phi) is 4.44. The third kappa shape index (κ3) is 3.33. The summed E-state index contributed by atoms with van der Waals surface area (Å²) < 4.78 is 1.79. The molecule has 4 rings (SSSR count). The lowest BCUT2D eigenvalue weighted by Gasteiger charge is -2.36. The number of piperazine rings is 1. The monoisotopic (exact) mass is 346 g/mol. The fourth-order valence-electron chi connectivity index (χ4n) is 3.35. The smallest absolute Gasteiger partial charge is 0.253 e. The highest BCUT2D eigenvalue weighted by Gasteiger charge is 2.22. The van der Waals surface area contributed by atoms with Crippen molar-refractivity contribution in [3.8, 4) is 5.69 Å². The van der Waals surface area contributed by atoms with Crippen molar-refractivity contribution >= 4 is 11.6 Å². The van der Waals surface area contributed by atoms with E-state index in [9.17, 15) is 4.79 Å². The third-order valence-electron chi connectivity index (χ3n) is 4.82. The van der Waals surface area contributed by atoms with Gasteiger partial charge in [0.25, 0.3) is 5.91 Å². The van der Waals surface area contributed by atoms with Gasteiger partial charge in [-0.25, -0.2) is 4.68 Å². The van der Waals surface area contributed by atoms with Crippen LogP contribution < -0.4 is 4.90 Å². The van der Waals surface area contributed by atoms with E-state index < -0.39 is 0 Å². The Morgan fingerprint density at radius 1 is 0.923 bits per heavy atom. The summed E-state index contributed by atoms with van der Waals surface area (Å²) in [6.07, 6.45) is 3.63. The topological polar surface area (TPSA) is 41.4 Å². The summed E-state index contributed by atoms with van der Waals surface area (Å²) in [6.45, 7) is 5.32. The molecule has 3 aromatic rings. The number of amides is 1. The van der Waals surface area contributed by atoms with Gasteiger partial charge in [-0.3, -0.25) is 4.79 Å². The lowest BCUT2D eigenvalue weighted by Crippen LogP contribution is -2.48. The van der Waals surface area contributed by atoms with Crippen LogP contribution in [0.15, 0.2) is 67.0 Å². The van der Waals surface area contributed by atoms with E-state index in [1.165, 1.54) is 11.3 Å². The quantitative estimate of drug-likeness (QED) is 0.732. The number of anilines is 1. The summed E-state index contributed by atoms with van der Waals surface area (Å²) in [7, 11) is 0. The standard InChI is InChI=1S/C21H22N4O/c1-17-4-2-5-20(16-17)23-12-14-24(15-13-23)21(26)18-6-8-19(9-7-18)25-11-3-10-22-25/h2-11,16H,12-15H2,1H3. The van der Waals surface area contributed by atoms with Crippen LogP contribution in [0.4, 0.5) is 5.69 Å². The molecule has 0 atom stereocenters. The van der Waals surface area contributed by atoms with E-state index in [1.54, 1.807) is 10.9 Å². The molecular weight excluding hydrogens is 324 g/mol. The van der Waals surface area contributed by atoms with Crippen LogP contribution in [0.3, 0.4) is 0 Å². The minimum absolute atomic E-state index is 0.0981. The van der Waals surface area contributed by atoms with Crippen LogP contribution in [0, 0.1) is 6.92 Å². The third-order valence-corrected chi connectivity index (χ3v) is 4.82. The zero-order valence-corrected chi connectivity index (χ0v) is 14.9. The zero-order valence-electron chi connectivity index (χ0n) is 14.9. The van der Waals surface area contributed by atoms with Crippen LogP contribution >= 0.6 is 0 Å². The first-order valence-corrected chi connectivity index (χ1v) is 8.92. The zero-order chi connectivity index (χ0) is 17.9. The van der Waals surface area contributed by atoms with Crippen molar-refractivity contribution in [2.75, 3.05) is 31.1 Å². The summed E-state index contributed by atoms with van der Waals surface area (Å²) in [5, 5.41) is 4.21. The van der Waals surface area contributed by atoms with Gasteiger partial charge in [-0.2, -0.15) is 5.10 Å². The van der Waals surface area contributed by atoms with Crippen LogP contribution in [-0.4, -0.2) is 46.8 Å².